The summed E-state index contributed by atoms with van der Waals surface area (Å²) < 4.78 is 14.7. The summed E-state index contributed by atoms with van der Waals surface area (Å²) in [6.45, 7) is 1.22. The number of carboxylic acids is 1. The van der Waals surface area contributed by atoms with Crippen molar-refractivity contribution in [2.45, 2.75) is 6.42 Å². The smallest absolute Gasteiger partial charge is 0.305 e. The minimum atomic E-state index is -0.878. The zero-order valence-corrected chi connectivity index (χ0v) is 7.98. The lowest BCUT2D eigenvalue weighted by atomic mass is 10.5. The van der Waals surface area contributed by atoms with E-state index in [1.807, 2.05) is 0 Å². The Balaban J connectivity index is 2.88. The van der Waals surface area contributed by atoms with Crippen molar-refractivity contribution in [1.82, 2.24) is 0 Å². The van der Waals surface area contributed by atoms with Gasteiger partial charge in [-0.2, -0.15) is 0 Å². The van der Waals surface area contributed by atoms with Crippen LogP contribution in [0.2, 0.25) is 0 Å². The van der Waals surface area contributed by atoms with Crippen LogP contribution in [0.15, 0.2) is 0 Å². The highest BCUT2D eigenvalue weighted by Crippen LogP contribution is 1.84. The molecule has 2 N–H and O–H groups in total. The number of ether oxygens (including phenoxy) is 3. The van der Waals surface area contributed by atoms with Gasteiger partial charge in [0.05, 0.1) is 39.5 Å². The molecule has 0 saturated heterocycles. The van der Waals surface area contributed by atoms with Gasteiger partial charge in [-0.1, -0.05) is 0 Å². The molecule has 0 aliphatic carbocycles. The van der Waals surface area contributed by atoms with Crippen molar-refractivity contribution < 1.29 is 29.2 Å². The number of hydrogen-bond donors (Lipinski definition) is 2. The molecule has 0 aliphatic rings. The second kappa shape index (κ2) is 10.4. The third-order valence-corrected chi connectivity index (χ3v) is 1.23. The first-order chi connectivity index (χ1) is 6.77. The van der Waals surface area contributed by atoms with Crippen molar-refractivity contribution in [3.8, 4) is 0 Å². The lowest BCUT2D eigenvalue weighted by Gasteiger charge is -2.04. The summed E-state index contributed by atoms with van der Waals surface area (Å²) in [5.74, 6) is -0.878. The average Bonchev–Trinajstić information content (AvgIpc) is 2.15. The molecule has 14 heavy (non-hydrogen) atoms. The van der Waals surface area contributed by atoms with Crippen LogP contribution in [0.25, 0.3) is 0 Å². The second-order valence-corrected chi connectivity index (χ2v) is 2.41. The molecule has 0 aromatic heterocycles. The van der Waals surface area contributed by atoms with E-state index in [1.165, 1.54) is 0 Å². The Kier molecular flexibility index (Phi) is 9.88. The SMILES string of the molecule is O=C(O)CCOCCOCOCCO. The van der Waals surface area contributed by atoms with Gasteiger partial charge < -0.3 is 24.4 Å². The van der Waals surface area contributed by atoms with Crippen LogP contribution >= 0.6 is 0 Å². The number of hydrogen-bond acceptors (Lipinski definition) is 5. The minimum Gasteiger partial charge on any atom is -0.481 e. The van der Waals surface area contributed by atoms with Crippen molar-refractivity contribution in [3.05, 3.63) is 0 Å². The summed E-state index contributed by atoms with van der Waals surface area (Å²) >= 11 is 0. The normalized spacial score (nSPS) is 10.4. The Bertz CT molecular complexity index is 138. The molecule has 0 heterocycles. The summed E-state index contributed by atoms with van der Waals surface area (Å²) in [5.41, 5.74) is 0. The molecule has 0 rings (SSSR count). The zero-order chi connectivity index (χ0) is 10.6. The van der Waals surface area contributed by atoms with E-state index >= 15 is 0 Å². The summed E-state index contributed by atoms with van der Waals surface area (Å²) in [6.07, 6.45) is 0.00100. The number of aliphatic hydroxyl groups excluding tert-OH is 1. The van der Waals surface area contributed by atoms with Gasteiger partial charge in [-0.3, -0.25) is 4.79 Å². The topological polar surface area (TPSA) is 85.2 Å². The fourth-order valence-electron chi connectivity index (χ4n) is 0.621. The van der Waals surface area contributed by atoms with Crippen LogP contribution in [0, 0.1) is 0 Å². The van der Waals surface area contributed by atoms with E-state index in [2.05, 4.69) is 0 Å². The Labute approximate surface area is 82.4 Å². The average molecular weight is 208 g/mol. The predicted octanol–water partition coefficient (Wildman–Crippen LogP) is -0.539. The maximum absolute atomic E-state index is 10.1. The van der Waals surface area contributed by atoms with Crippen molar-refractivity contribution in [2.24, 2.45) is 0 Å². The van der Waals surface area contributed by atoms with Gasteiger partial charge in [0, 0.05) is 0 Å². The van der Waals surface area contributed by atoms with Gasteiger partial charge in [-0.15, -0.1) is 0 Å². The Morgan fingerprint density at radius 3 is 2.29 bits per heavy atom. The van der Waals surface area contributed by atoms with E-state index in [1.54, 1.807) is 0 Å². The van der Waals surface area contributed by atoms with E-state index in [4.69, 9.17) is 24.4 Å². The molecule has 0 radical (unpaired) electrons. The minimum absolute atomic E-state index is 0.00100. The molecule has 0 aromatic rings. The fraction of sp³-hybridized carbons (Fsp3) is 0.875. The van der Waals surface area contributed by atoms with E-state index in [0.29, 0.717) is 13.2 Å². The molecule has 0 fully saturated rings. The van der Waals surface area contributed by atoms with Gasteiger partial charge in [0.25, 0.3) is 0 Å². The van der Waals surface area contributed by atoms with Crippen LogP contribution in [-0.4, -0.2) is 56.0 Å². The third-order valence-electron chi connectivity index (χ3n) is 1.23. The van der Waals surface area contributed by atoms with Crippen molar-refractivity contribution >= 4 is 5.97 Å². The Morgan fingerprint density at radius 1 is 1.00 bits per heavy atom. The van der Waals surface area contributed by atoms with Gasteiger partial charge in [-0.05, 0) is 0 Å². The second-order valence-electron chi connectivity index (χ2n) is 2.41. The van der Waals surface area contributed by atoms with Gasteiger partial charge in [-0.25, -0.2) is 0 Å². The summed E-state index contributed by atoms with van der Waals surface area (Å²) in [6, 6.07) is 0. The maximum Gasteiger partial charge on any atom is 0.305 e. The summed E-state index contributed by atoms with van der Waals surface area (Å²) in [4.78, 5) is 10.1. The molecule has 0 bridgehead atoms. The third kappa shape index (κ3) is 11.3. The van der Waals surface area contributed by atoms with E-state index in [0.717, 1.165) is 0 Å². The highest BCUT2D eigenvalue weighted by Gasteiger charge is 1.95. The molecule has 84 valence electrons. The standard InChI is InChI=1S/C8H16O6/c9-2-4-13-7-14-6-5-12-3-1-8(10)11/h9H,1-7H2,(H,10,11). The lowest BCUT2D eigenvalue weighted by Crippen LogP contribution is -2.10. The first kappa shape index (κ1) is 13.3. The number of carbonyl (C=O) groups is 1. The lowest BCUT2D eigenvalue weighted by molar-refractivity contribution is -0.138. The molecule has 6 nitrogen and oxygen atoms in total. The highest BCUT2D eigenvalue weighted by molar-refractivity contribution is 5.66. The van der Waals surface area contributed by atoms with Crippen molar-refractivity contribution in [1.29, 1.82) is 0 Å². The van der Waals surface area contributed by atoms with Gasteiger partial charge in [0.15, 0.2) is 0 Å². The van der Waals surface area contributed by atoms with Crippen LogP contribution in [0.1, 0.15) is 6.42 Å². The summed E-state index contributed by atoms with van der Waals surface area (Å²) in [5, 5.41) is 16.6. The molecule has 0 amide bonds. The highest BCUT2D eigenvalue weighted by atomic mass is 16.7. The molecule has 0 unspecified atom stereocenters. The monoisotopic (exact) mass is 208 g/mol. The van der Waals surface area contributed by atoms with E-state index in [9.17, 15) is 4.79 Å². The van der Waals surface area contributed by atoms with E-state index < -0.39 is 5.97 Å². The largest absolute Gasteiger partial charge is 0.481 e. The van der Waals surface area contributed by atoms with Crippen LogP contribution in [0.3, 0.4) is 0 Å². The predicted molar refractivity (Wildman–Crippen MR) is 46.9 cm³/mol. The van der Waals surface area contributed by atoms with Gasteiger partial charge >= 0.3 is 5.97 Å². The molecule has 0 aliphatic heterocycles. The Morgan fingerprint density at radius 2 is 1.64 bits per heavy atom. The Hall–Kier alpha value is -0.690. The molecular weight excluding hydrogens is 192 g/mol. The molecular formula is C8H16O6. The molecule has 0 aromatic carbocycles. The fourth-order valence-corrected chi connectivity index (χ4v) is 0.621. The molecule has 0 spiro atoms. The number of aliphatic carboxylic acids is 1. The van der Waals surface area contributed by atoms with Crippen LogP contribution in [-0.2, 0) is 19.0 Å². The number of aliphatic hydroxyl groups is 1. The quantitative estimate of drug-likeness (QED) is 0.370. The maximum atomic E-state index is 10.1. The van der Waals surface area contributed by atoms with Gasteiger partial charge in [0.2, 0.25) is 0 Å². The molecule has 6 heteroatoms. The van der Waals surface area contributed by atoms with Crippen molar-refractivity contribution in [2.75, 3.05) is 39.8 Å². The molecule has 0 saturated carbocycles. The van der Waals surface area contributed by atoms with Crippen LogP contribution in [0.4, 0.5) is 0 Å². The first-order valence-electron chi connectivity index (χ1n) is 4.33. The van der Waals surface area contributed by atoms with Crippen LogP contribution < -0.4 is 0 Å². The van der Waals surface area contributed by atoms with Crippen LogP contribution in [0.5, 0.6) is 0 Å². The molecule has 0 atom stereocenters. The number of rotatable bonds is 10. The van der Waals surface area contributed by atoms with Gasteiger partial charge in [0.1, 0.15) is 6.79 Å². The first-order valence-corrected chi connectivity index (χ1v) is 4.33. The summed E-state index contributed by atoms with van der Waals surface area (Å²) in [7, 11) is 0. The van der Waals surface area contributed by atoms with E-state index in [-0.39, 0.29) is 33.0 Å². The number of carboxylic acid groups (broad SMARTS) is 1. The zero-order valence-electron chi connectivity index (χ0n) is 7.98. The van der Waals surface area contributed by atoms with Crippen molar-refractivity contribution in [3.63, 3.8) is 0 Å².